The molecule has 3 nitrogen and oxygen atoms in total. The fraction of sp³-hybridized carbons (Fsp3) is 0.0455. The topological polar surface area (TPSA) is 51.2 Å². The second kappa shape index (κ2) is 4.84. The molecule has 0 bridgehead atoms. The molecule has 0 amide bonds. The van der Waals surface area contributed by atoms with Crippen LogP contribution in [0.1, 0.15) is 6.42 Å². The van der Waals surface area contributed by atoms with E-state index in [4.69, 9.17) is 0 Å². The number of rotatable bonds is 0. The number of benzene rings is 3. The van der Waals surface area contributed by atoms with Crippen LogP contribution in [0.2, 0.25) is 0 Å². The third kappa shape index (κ3) is 2.02. The fourth-order valence-corrected chi connectivity index (χ4v) is 3.71. The highest BCUT2D eigenvalue weighted by Gasteiger charge is 2.14. The number of hydrogen-bond donors (Lipinski definition) is 0. The van der Waals surface area contributed by atoms with Gasteiger partial charge in [-0.05, 0) is 72.8 Å². The molecule has 0 fully saturated rings. The van der Waals surface area contributed by atoms with E-state index in [1.54, 1.807) is 6.08 Å². The number of ketones is 3. The second-order valence-electron chi connectivity index (χ2n) is 6.47. The molecule has 0 atom stereocenters. The van der Waals surface area contributed by atoms with E-state index in [-0.39, 0.29) is 5.78 Å². The summed E-state index contributed by atoms with van der Waals surface area (Å²) in [4.78, 5) is 35.1. The molecule has 5 rings (SSSR count). The van der Waals surface area contributed by atoms with E-state index < -0.39 is 11.6 Å². The number of carbonyl (C=O) groups is 3. The lowest BCUT2D eigenvalue weighted by Gasteiger charge is -2.09. The molecule has 118 valence electrons. The summed E-state index contributed by atoms with van der Waals surface area (Å²) in [5.74, 6) is -0.835. The van der Waals surface area contributed by atoms with Gasteiger partial charge in [-0.1, -0.05) is 30.3 Å². The Bertz CT molecular complexity index is 1410. The number of Topliss-reactive ketones (excluding diaryl/α,β-unsaturated/α-hetero) is 3. The molecule has 0 saturated carbocycles. The smallest absolute Gasteiger partial charge is 0.226 e. The van der Waals surface area contributed by atoms with E-state index in [0.29, 0.717) is 6.42 Å². The van der Waals surface area contributed by atoms with Gasteiger partial charge in [-0.3, -0.25) is 14.4 Å². The van der Waals surface area contributed by atoms with Gasteiger partial charge in [0.05, 0.1) is 0 Å². The molecular weight excluding hydrogens is 312 g/mol. The van der Waals surface area contributed by atoms with Gasteiger partial charge in [-0.2, -0.15) is 0 Å². The Hall–Kier alpha value is -3.33. The first-order valence-electron chi connectivity index (χ1n) is 8.12. The van der Waals surface area contributed by atoms with Crippen LogP contribution in [0.4, 0.5) is 0 Å². The molecule has 0 spiro atoms. The van der Waals surface area contributed by atoms with Crippen molar-refractivity contribution in [1.82, 2.24) is 0 Å². The van der Waals surface area contributed by atoms with Crippen molar-refractivity contribution in [1.29, 1.82) is 0 Å². The second-order valence-corrected chi connectivity index (χ2v) is 6.47. The fourth-order valence-electron chi connectivity index (χ4n) is 3.71. The molecule has 3 heteroatoms. The van der Waals surface area contributed by atoms with Crippen molar-refractivity contribution in [3.05, 3.63) is 57.3 Å². The molecule has 0 aliphatic heterocycles. The Morgan fingerprint density at radius 3 is 2.32 bits per heavy atom. The Morgan fingerprint density at radius 2 is 1.44 bits per heavy atom. The van der Waals surface area contributed by atoms with Crippen LogP contribution in [-0.4, -0.2) is 17.3 Å². The number of carbonyl (C=O) groups excluding carboxylic acids is 3. The Kier molecular flexibility index (Phi) is 2.72. The van der Waals surface area contributed by atoms with Gasteiger partial charge in [0.25, 0.3) is 0 Å². The Balaban J connectivity index is 1.97. The first kappa shape index (κ1) is 14.1. The maximum absolute atomic E-state index is 11.8. The van der Waals surface area contributed by atoms with Crippen molar-refractivity contribution in [2.24, 2.45) is 0 Å². The molecule has 0 N–H and O–H groups in total. The third-order valence-corrected chi connectivity index (χ3v) is 4.94. The molecule has 3 aromatic carbocycles. The van der Waals surface area contributed by atoms with Crippen LogP contribution in [0.25, 0.3) is 45.8 Å². The van der Waals surface area contributed by atoms with Crippen LogP contribution in [0, 0.1) is 0 Å². The summed E-state index contributed by atoms with van der Waals surface area (Å²) in [6, 6.07) is 12.0. The molecule has 0 radical (unpaired) electrons. The van der Waals surface area contributed by atoms with Crippen molar-refractivity contribution < 1.29 is 14.4 Å². The van der Waals surface area contributed by atoms with E-state index >= 15 is 0 Å². The van der Waals surface area contributed by atoms with E-state index in [1.807, 2.05) is 36.4 Å². The number of fused-ring (bicyclic) bond motifs is 6. The molecule has 0 unspecified atom stereocenters. The van der Waals surface area contributed by atoms with Gasteiger partial charge >= 0.3 is 0 Å². The van der Waals surface area contributed by atoms with E-state index in [2.05, 4.69) is 6.07 Å². The van der Waals surface area contributed by atoms with Crippen LogP contribution in [0.3, 0.4) is 0 Å². The van der Waals surface area contributed by atoms with Gasteiger partial charge in [0.1, 0.15) is 0 Å². The highest BCUT2D eigenvalue weighted by molar-refractivity contribution is 6.57. The molecule has 2 aliphatic rings. The normalized spacial score (nSPS) is 15.8. The monoisotopic (exact) mass is 324 g/mol. The predicted octanol–water partition coefficient (Wildman–Crippen LogP) is 0.240. The van der Waals surface area contributed by atoms with E-state index in [1.165, 1.54) is 12.2 Å². The van der Waals surface area contributed by atoms with Crippen LogP contribution in [0.5, 0.6) is 0 Å². The molecule has 0 heterocycles. The highest BCUT2D eigenvalue weighted by atomic mass is 16.2. The highest BCUT2D eigenvalue weighted by Crippen LogP contribution is 2.21. The van der Waals surface area contributed by atoms with Gasteiger partial charge in [0, 0.05) is 6.42 Å². The first-order chi connectivity index (χ1) is 12.1. The van der Waals surface area contributed by atoms with Crippen molar-refractivity contribution in [3.63, 3.8) is 0 Å². The van der Waals surface area contributed by atoms with Gasteiger partial charge in [-0.25, -0.2) is 0 Å². The minimum Gasteiger partial charge on any atom is -0.294 e. The quantitative estimate of drug-likeness (QED) is 0.440. The standard InChI is InChI=1S/C22H12O3/c23-16-4-1-12-9-19-13(7-15(12)8-16)2-5-18-17(19)6-3-14-10-21(24)22(25)11-20(14)18/h1-3,5-11H,4H2. The van der Waals surface area contributed by atoms with Crippen LogP contribution in [-0.2, 0) is 14.4 Å². The van der Waals surface area contributed by atoms with Crippen LogP contribution >= 0.6 is 0 Å². The van der Waals surface area contributed by atoms with Gasteiger partial charge < -0.3 is 0 Å². The largest absolute Gasteiger partial charge is 0.294 e. The Labute approximate surface area is 141 Å². The third-order valence-electron chi connectivity index (χ3n) is 4.94. The molecule has 0 saturated heterocycles. The lowest BCUT2D eigenvalue weighted by atomic mass is 9.94. The van der Waals surface area contributed by atoms with Gasteiger partial charge in [0.15, 0.2) is 5.78 Å². The number of hydrogen-bond acceptors (Lipinski definition) is 3. The lowest BCUT2D eigenvalue weighted by Crippen LogP contribution is -2.34. The summed E-state index contributed by atoms with van der Waals surface area (Å²) in [7, 11) is 0. The summed E-state index contributed by atoms with van der Waals surface area (Å²) in [5.41, 5.74) is 0. The molecule has 25 heavy (non-hydrogen) atoms. The zero-order chi connectivity index (χ0) is 17.1. The zero-order valence-electron chi connectivity index (χ0n) is 13.2. The molecular formula is C22H12O3. The molecule has 2 aliphatic carbocycles. The summed E-state index contributed by atoms with van der Waals surface area (Å²) < 4.78 is 0. The van der Waals surface area contributed by atoms with E-state index in [9.17, 15) is 14.4 Å². The van der Waals surface area contributed by atoms with Crippen molar-refractivity contribution in [2.75, 3.05) is 0 Å². The van der Waals surface area contributed by atoms with Crippen LogP contribution in [0.15, 0.2) is 36.4 Å². The minimum atomic E-state index is -0.480. The van der Waals surface area contributed by atoms with Crippen molar-refractivity contribution >= 4 is 63.2 Å². The van der Waals surface area contributed by atoms with Gasteiger partial charge in [0.2, 0.25) is 11.6 Å². The van der Waals surface area contributed by atoms with Crippen LogP contribution < -0.4 is 20.9 Å². The minimum absolute atomic E-state index is 0.120. The molecule has 0 aromatic heterocycles. The first-order valence-corrected chi connectivity index (χ1v) is 8.12. The summed E-state index contributed by atoms with van der Waals surface area (Å²) in [5, 5.41) is 7.70. The van der Waals surface area contributed by atoms with E-state index in [0.717, 1.165) is 42.4 Å². The van der Waals surface area contributed by atoms with Gasteiger partial charge in [-0.15, -0.1) is 0 Å². The molecule has 3 aromatic rings. The maximum Gasteiger partial charge on any atom is 0.226 e. The lowest BCUT2D eigenvalue weighted by molar-refractivity contribution is -0.129. The summed E-state index contributed by atoms with van der Waals surface area (Å²) >= 11 is 0. The average molecular weight is 324 g/mol. The Morgan fingerprint density at radius 1 is 0.640 bits per heavy atom. The van der Waals surface area contributed by atoms with Crippen molar-refractivity contribution in [2.45, 2.75) is 6.42 Å². The average Bonchev–Trinajstić information content (AvgIpc) is 2.60. The maximum atomic E-state index is 11.8. The summed E-state index contributed by atoms with van der Waals surface area (Å²) in [6.45, 7) is 0. The predicted molar refractivity (Wildman–Crippen MR) is 97.5 cm³/mol. The summed E-state index contributed by atoms with van der Waals surface area (Å²) in [6.07, 6.45) is 6.92. The van der Waals surface area contributed by atoms with Crippen molar-refractivity contribution in [3.8, 4) is 0 Å². The zero-order valence-corrected chi connectivity index (χ0v) is 13.2. The SMILES string of the molecule is O=C1C=c2cc3ccc4c5c(ccc4c3cc2=CC1)=CC(=O)C(=O)C=5.